The van der Waals surface area contributed by atoms with E-state index >= 15 is 0 Å². The first-order valence-electron chi connectivity index (χ1n) is 9.45. The van der Waals surface area contributed by atoms with Crippen LogP contribution in [0.25, 0.3) is 0 Å². The number of nitrogens with one attached hydrogen (secondary N) is 2. The van der Waals surface area contributed by atoms with Gasteiger partial charge in [-0.2, -0.15) is 0 Å². The fraction of sp³-hybridized carbons (Fsp3) is 0.227. The van der Waals surface area contributed by atoms with E-state index in [2.05, 4.69) is 5.32 Å². The number of carbonyl (C=O) groups excluding carboxylic acids is 2. The van der Waals surface area contributed by atoms with Crippen molar-refractivity contribution in [1.82, 2.24) is 10.2 Å². The molecule has 0 bridgehead atoms. The smallest absolute Gasteiger partial charge is 0.337 e. The lowest BCUT2D eigenvalue weighted by molar-refractivity contribution is -0.128. The maximum atomic E-state index is 12.9. The maximum absolute atomic E-state index is 12.9. The van der Waals surface area contributed by atoms with Gasteiger partial charge in [-0.05, 0) is 23.3 Å². The van der Waals surface area contributed by atoms with Gasteiger partial charge in [-0.15, -0.1) is 0 Å². The number of nitrogens with two attached hydrogens (primary N) is 1. The second-order valence-electron chi connectivity index (χ2n) is 6.96. The molecular weight excluding hydrogens is 400 g/mol. The lowest BCUT2D eigenvalue weighted by Crippen LogP contribution is -2.45. The van der Waals surface area contributed by atoms with E-state index in [0.29, 0.717) is 23.2 Å². The van der Waals surface area contributed by atoms with Crippen molar-refractivity contribution in [3.05, 3.63) is 82.7 Å². The molecular formula is C22H24N4O5. The zero-order chi connectivity index (χ0) is 22.5. The molecule has 2 aromatic carbocycles. The van der Waals surface area contributed by atoms with Crippen molar-refractivity contribution in [3.63, 3.8) is 0 Å². The molecule has 2 aromatic rings. The second kappa shape index (κ2) is 9.41. The van der Waals surface area contributed by atoms with E-state index in [9.17, 15) is 14.7 Å². The standard InChI is InChI=1S/C22H24N4O5/c1-30-21(28)16-9-7-14(8-10-16)18-20(27)25-17(22(29)31-2)12-26(18)11-13-3-5-15(6-4-13)19(23)24/h3-10,12,18,22,29H,11H2,1-2H3,(H3,23,24)(H,25,27). The number of nitrogen functional groups attached to an aromatic ring is 1. The number of ether oxygens (including phenoxy) is 2. The quantitative estimate of drug-likeness (QED) is 0.227. The zero-order valence-electron chi connectivity index (χ0n) is 17.2. The van der Waals surface area contributed by atoms with Crippen LogP contribution in [0.4, 0.5) is 0 Å². The normalized spacial score (nSPS) is 16.9. The molecule has 0 aromatic heterocycles. The number of esters is 1. The Labute approximate surface area is 179 Å². The molecule has 0 saturated heterocycles. The summed E-state index contributed by atoms with van der Waals surface area (Å²) in [4.78, 5) is 26.4. The molecule has 1 aliphatic rings. The van der Waals surface area contributed by atoms with Crippen molar-refractivity contribution in [2.24, 2.45) is 5.73 Å². The van der Waals surface area contributed by atoms with Gasteiger partial charge >= 0.3 is 5.97 Å². The number of hydrogen-bond donors (Lipinski definition) is 4. The predicted octanol–water partition coefficient (Wildman–Crippen LogP) is 1.24. The molecule has 2 atom stereocenters. The van der Waals surface area contributed by atoms with Crippen molar-refractivity contribution in [1.29, 1.82) is 5.41 Å². The van der Waals surface area contributed by atoms with Gasteiger partial charge < -0.3 is 30.5 Å². The average molecular weight is 424 g/mol. The third kappa shape index (κ3) is 4.90. The molecule has 1 heterocycles. The van der Waals surface area contributed by atoms with Gasteiger partial charge in [0.1, 0.15) is 11.9 Å². The summed E-state index contributed by atoms with van der Waals surface area (Å²) in [6, 6.07) is 13.0. The van der Waals surface area contributed by atoms with Gasteiger partial charge in [0.15, 0.2) is 6.29 Å². The van der Waals surface area contributed by atoms with E-state index < -0.39 is 18.3 Å². The average Bonchev–Trinajstić information content (AvgIpc) is 2.78. The van der Waals surface area contributed by atoms with Crippen molar-refractivity contribution >= 4 is 17.7 Å². The maximum Gasteiger partial charge on any atom is 0.337 e. The third-order valence-corrected chi connectivity index (χ3v) is 4.92. The SMILES string of the molecule is COC(=O)c1ccc(C2C(=O)NC(C(O)OC)=CN2Cc2ccc(C(=N)N)cc2)cc1. The number of aliphatic hydroxyl groups excluding tert-OH is 1. The number of amidine groups is 1. The molecule has 5 N–H and O–H groups in total. The summed E-state index contributed by atoms with van der Waals surface area (Å²) in [5.41, 5.74) is 8.23. The number of rotatable bonds is 7. The van der Waals surface area contributed by atoms with Crippen LogP contribution in [0, 0.1) is 5.41 Å². The van der Waals surface area contributed by atoms with Crippen LogP contribution in [0.5, 0.6) is 0 Å². The first-order valence-corrected chi connectivity index (χ1v) is 9.45. The van der Waals surface area contributed by atoms with Gasteiger partial charge in [0.2, 0.25) is 0 Å². The number of nitrogens with zero attached hydrogens (tertiary/aromatic N) is 1. The highest BCUT2D eigenvalue weighted by atomic mass is 16.6. The monoisotopic (exact) mass is 424 g/mol. The molecule has 3 rings (SSSR count). The van der Waals surface area contributed by atoms with E-state index in [1.54, 1.807) is 47.5 Å². The first kappa shape index (κ1) is 22.0. The molecule has 0 aliphatic carbocycles. The number of methoxy groups -OCH3 is 2. The number of carbonyl (C=O) groups is 2. The summed E-state index contributed by atoms with van der Waals surface area (Å²) in [5.74, 6) is -0.842. The lowest BCUT2D eigenvalue weighted by atomic mass is 10.00. The van der Waals surface area contributed by atoms with Crippen LogP contribution in [0.2, 0.25) is 0 Å². The Kier molecular flexibility index (Phi) is 6.68. The van der Waals surface area contributed by atoms with E-state index in [1.165, 1.54) is 14.2 Å². The Morgan fingerprint density at radius 1 is 1.16 bits per heavy atom. The van der Waals surface area contributed by atoms with Gasteiger partial charge in [-0.3, -0.25) is 10.2 Å². The molecule has 0 spiro atoms. The molecule has 0 fully saturated rings. The van der Waals surface area contributed by atoms with Gasteiger partial charge in [-0.1, -0.05) is 36.4 Å². The van der Waals surface area contributed by atoms with Crippen LogP contribution >= 0.6 is 0 Å². The van der Waals surface area contributed by atoms with Gasteiger partial charge in [0.25, 0.3) is 5.91 Å². The Morgan fingerprint density at radius 3 is 2.32 bits per heavy atom. The van der Waals surface area contributed by atoms with Gasteiger partial charge in [0, 0.05) is 25.4 Å². The Hall–Kier alpha value is -3.69. The predicted molar refractivity (Wildman–Crippen MR) is 113 cm³/mol. The minimum absolute atomic E-state index is 0.0297. The van der Waals surface area contributed by atoms with Crippen LogP contribution in [0.15, 0.2) is 60.4 Å². The van der Waals surface area contributed by atoms with Crippen LogP contribution in [0.3, 0.4) is 0 Å². The number of aliphatic hydroxyl groups is 1. The first-order chi connectivity index (χ1) is 14.8. The number of amides is 1. The van der Waals surface area contributed by atoms with Gasteiger partial charge in [0.05, 0.1) is 18.4 Å². The highest BCUT2D eigenvalue weighted by Crippen LogP contribution is 2.29. The molecule has 2 unspecified atom stereocenters. The highest BCUT2D eigenvalue weighted by Gasteiger charge is 2.33. The van der Waals surface area contributed by atoms with Crippen molar-refractivity contribution in [3.8, 4) is 0 Å². The van der Waals surface area contributed by atoms with Crippen molar-refractivity contribution in [2.75, 3.05) is 14.2 Å². The summed E-state index contributed by atoms with van der Waals surface area (Å²) in [7, 11) is 2.64. The van der Waals surface area contributed by atoms with Crippen LogP contribution in [0.1, 0.15) is 33.1 Å². The van der Waals surface area contributed by atoms with Crippen molar-refractivity contribution in [2.45, 2.75) is 18.9 Å². The summed E-state index contributed by atoms with van der Waals surface area (Å²) in [5, 5.41) is 20.2. The minimum Gasteiger partial charge on any atom is -0.465 e. The molecule has 1 amide bonds. The fourth-order valence-corrected chi connectivity index (χ4v) is 3.30. The summed E-state index contributed by atoms with van der Waals surface area (Å²) >= 11 is 0. The Morgan fingerprint density at radius 2 is 1.77 bits per heavy atom. The van der Waals surface area contributed by atoms with Crippen LogP contribution in [-0.4, -0.2) is 48.2 Å². The molecule has 0 radical (unpaired) electrons. The van der Waals surface area contributed by atoms with Crippen LogP contribution < -0.4 is 11.1 Å². The molecule has 0 saturated carbocycles. The summed E-state index contributed by atoms with van der Waals surface area (Å²) < 4.78 is 9.65. The van der Waals surface area contributed by atoms with E-state index in [1.807, 2.05) is 12.1 Å². The largest absolute Gasteiger partial charge is 0.465 e. The van der Waals surface area contributed by atoms with E-state index in [4.69, 9.17) is 20.6 Å². The molecule has 162 valence electrons. The Bertz CT molecular complexity index is 1000. The second-order valence-corrected chi connectivity index (χ2v) is 6.96. The number of benzene rings is 2. The highest BCUT2D eigenvalue weighted by molar-refractivity contribution is 5.94. The molecule has 9 nitrogen and oxygen atoms in total. The lowest BCUT2D eigenvalue weighted by Gasteiger charge is -2.36. The Balaban J connectivity index is 1.95. The van der Waals surface area contributed by atoms with E-state index in [-0.39, 0.29) is 17.4 Å². The zero-order valence-corrected chi connectivity index (χ0v) is 17.2. The van der Waals surface area contributed by atoms with Crippen molar-refractivity contribution < 1.29 is 24.2 Å². The molecule has 31 heavy (non-hydrogen) atoms. The number of hydrogen-bond acceptors (Lipinski definition) is 7. The van der Waals surface area contributed by atoms with Gasteiger partial charge in [-0.25, -0.2) is 4.79 Å². The fourth-order valence-electron chi connectivity index (χ4n) is 3.30. The molecule has 9 heteroatoms. The molecule has 1 aliphatic heterocycles. The minimum atomic E-state index is -1.28. The third-order valence-electron chi connectivity index (χ3n) is 4.92. The summed E-state index contributed by atoms with van der Waals surface area (Å²) in [6.07, 6.45) is 0.349. The topological polar surface area (TPSA) is 138 Å². The van der Waals surface area contributed by atoms with Crippen LogP contribution in [-0.2, 0) is 20.8 Å². The summed E-state index contributed by atoms with van der Waals surface area (Å²) in [6.45, 7) is 0.342. The van der Waals surface area contributed by atoms with E-state index in [0.717, 1.165) is 5.56 Å².